The van der Waals surface area contributed by atoms with Crippen LogP contribution in [0.5, 0.6) is 0 Å². The van der Waals surface area contributed by atoms with E-state index in [9.17, 15) is 14.4 Å². The van der Waals surface area contributed by atoms with Crippen LogP contribution in [0.2, 0.25) is 0 Å². The zero-order valence-electron chi connectivity index (χ0n) is 39.5. The van der Waals surface area contributed by atoms with E-state index in [-0.39, 0.29) is 31.1 Å². The Balaban J connectivity index is 4.27. The molecule has 0 aliphatic carbocycles. The van der Waals surface area contributed by atoms with Crippen LogP contribution in [0.15, 0.2) is 24.3 Å². The van der Waals surface area contributed by atoms with E-state index in [1.54, 1.807) is 0 Å². The van der Waals surface area contributed by atoms with Crippen molar-refractivity contribution in [3.63, 3.8) is 0 Å². The number of allylic oxidation sites excluding steroid dienone is 4. The van der Waals surface area contributed by atoms with Crippen molar-refractivity contribution < 1.29 is 28.6 Å². The number of carbonyl (C=O) groups excluding carboxylic acids is 3. The van der Waals surface area contributed by atoms with Crippen LogP contribution in [0.4, 0.5) is 0 Å². The zero-order chi connectivity index (χ0) is 43.0. The normalized spacial score (nSPS) is 12.1. The van der Waals surface area contributed by atoms with Gasteiger partial charge < -0.3 is 14.2 Å². The van der Waals surface area contributed by atoms with Gasteiger partial charge in [-0.3, -0.25) is 14.4 Å². The summed E-state index contributed by atoms with van der Waals surface area (Å²) in [6.07, 6.45) is 54.4. The first-order valence-corrected chi connectivity index (χ1v) is 25.8. The number of ether oxygens (including phenoxy) is 3. The average molecular weight is 831 g/mol. The van der Waals surface area contributed by atoms with Gasteiger partial charge in [0.05, 0.1) is 0 Å². The summed E-state index contributed by atoms with van der Waals surface area (Å²) in [4.78, 5) is 37.9. The van der Waals surface area contributed by atoms with E-state index in [0.29, 0.717) is 19.3 Å². The molecule has 6 heteroatoms. The van der Waals surface area contributed by atoms with Crippen LogP contribution in [-0.2, 0) is 28.6 Å². The molecule has 0 bridgehead atoms. The molecular weight excluding hydrogens is 733 g/mol. The Bertz CT molecular complexity index is 958. The lowest BCUT2D eigenvalue weighted by Gasteiger charge is -2.18. The first-order chi connectivity index (χ1) is 29.0. The van der Waals surface area contributed by atoms with Gasteiger partial charge in [0.1, 0.15) is 13.2 Å². The Morgan fingerprint density at radius 2 is 0.610 bits per heavy atom. The fourth-order valence-corrected chi connectivity index (χ4v) is 7.53. The highest BCUT2D eigenvalue weighted by Crippen LogP contribution is 2.16. The van der Waals surface area contributed by atoms with E-state index in [4.69, 9.17) is 14.2 Å². The van der Waals surface area contributed by atoms with Crippen molar-refractivity contribution >= 4 is 17.9 Å². The second kappa shape index (κ2) is 48.6. The van der Waals surface area contributed by atoms with Gasteiger partial charge in [-0.15, -0.1) is 0 Å². The summed E-state index contributed by atoms with van der Waals surface area (Å²) in [5, 5.41) is 0. The summed E-state index contributed by atoms with van der Waals surface area (Å²) >= 11 is 0. The minimum Gasteiger partial charge on any atom is -0.462 e. The molecule has 346 valence electrons. The van der Waals surface area contributed by atoms with Gasteiger partial charge in [0.2, 0.25) is 0 Å². The molecule has 0 radical (unpaired) electrons. The summed E-state index contributed by atoms with van der Waals surface area (Å²) in [6.45, 7) is 6.62. The smallest absolute Gasteiger partial charge is 0.306 e. The number of unbranched alkanes of at least 4 members (excludes halogenated alkanes) is 32. The largest absolute Gasteiger partial charge is 0.462 e. The van der Waals surface area contributed by atoms with Crippen molar-refractivity contribution in [3.05, 3.63) is 24.3 Å². The molecule has 0 rings (SSSR count). The summed E-state index contributed by atoms with van der Waals surface area (Å²) < 4.78 is 16.8. The molecular formula is C53H98O6. The van der Waals surface area contributed by atoms with Crippen LogP contribution in [0, 0.1) is 0 Å². The Labute approximate surface area is 366 Å². The lowest BCUT2D eigenvalue weighted by atomic mass is 10.1. The number of hydrogen-bond acceptors (Lipinski definition) is 6. The van der Waals surface area contributed by atoms with Gasteiger partial charge in [-0.05, 0) is 51.4 Å². The second-order valence-corrected chi connectivity index (χ2v) is 17.4. The van der Waals surface area contributed by atoms with E-state index in [0.717, 1.165) is 64.2 Å². The highest BCUT2D eigenvalue weighted by Gasteiger charge is 2.19. The van der Waals surface area contributed by atoms with E-state index in [1.165, 1.54) is 173 Å². The minimum atomic E-state index is -0.765. The summed E-state index contributed by atoms with van der Waals surface area (Å²) in [5.41, 5.74) is 0. The van der Waals surface area contributed by atoms with Gasteiger partial charge in [-0.2, -0.15) is 0 Å². The third-order valence-corrected chi connectivity index (χ3v) is 11.5. The molecule has 0 spiro atoms. The molecule has 0 unspecified atom stereocenters. The van der Waals surface area contributed by atoms with Crippen molar-refractivity contribution in [1.82, 2.24) is 0 Å². The molecule has 59 heavy (non-hydrogen) atoms. The first-order valence-electron chi connectivity index (χ1n) is 25.8. The monoisotopic (exact) mass is 831 g/mol. The third kappa shape index (κ3) is 46.8. The molecule has 0 amide bonds. The fourth-order valence-electron chi connectivity index (χ4n) is 7.53. The molecule has 0 aromatic heterocycles. The first kappa shape index (κ1) is 56.9. The Kier molecular flexibility index (Phi) is 46.8. The maximum Gasteiger partial charge on any atom is 0.306 e. The van der Waals surface area contributed by atoms with Crippen molar-refractivity contribution in [2.24, 2.45) is 0 Å². The third-order valence-electron chi connectivity index (χ3n) is 11.5. The van der Waals surface area contributed by atoms with E-state index >= 15 is 0 Å². The van der Waals surface area contributed by atoms with Gasteiger partial charge >= 0.3 is 17.9 Å². The van der Waals surface area contributed by atoms with E-state index in [2.05, 4.69) is 45.1 Å². The number of hydrogen-bond donors (Lipinski definition) is 0. The Morgan fingerprint density at radius 3 is 0.966 bits per heavy atom. The number of rotatable bonds is 47. The summed E-state index contributed by atoms with van der Waals surface area (Å²) in [6, 6.07) is 0. The summed E-state index contributed by atoms with van der Waals surface area (Å²) in [7, 11) is 0. The molecule has 0 saturated carbocycles. The van der Waals surface area contributed by atoms with Crippen molar-refractivity contribution in [2.45, 2.75) is 284 Å². The Hall–Kier alpha value is -2.11. The van der Waals surface area contributed by atoms with Crippen molar-refractivity contribution in [2.75, 3.05) is 13.2 Å². The minimum absolute atomic E-state index is 0.0678. The van der Waals surface area contributed by atoms with Gasteiger partial charge in [-0.25, -0.2) is 0 Å². The molecule has 0 fully saturated rings. The molecule has 0 heterocycles. The maximum absolute atomic E-state index is 12.7. The lowest BCUT2D eigenvalue weighted by molar-refractivity contribution is -0.167. The molecule has 0 saturated heterocycles. The van der Waals surface area contributed by atoms with Crippen LogP contribution in [-0.4, -0.2) is 37.2 Å². The van der Waals surface area contributed by atoms with Crippen LogP contribution >= 0.6 is 0 Å². The molecule has 0 aromatic carbocycles. The predicted molar refractivity (Wildman–Crippen MR) is 252 cm³/mol. The average Bonchev–Trinajstić information content (AvgIpc) is 3.23. The lowest BCUT2D eigenvalue weighted by Crippen LogP contribution is -2.30. The molecule has 0 aliphatic heterocycles. The SMILES string of the molecule is CCCCC/C=C\C/C=C\CCCCCCCCCCCC(=O)OC[C@@H](COC(=O)CCCCCCCCCCCCC)OC(=O)CCCCCCCCCCCCC. The fraction of sp³-hybridized carbons (Fsp3) is 0.868. The van der Waals surface area contributed by atoms with E-state index in [1.807, 2.05) is 0 Å². The van der Waals surface area contributed by atoms with Crippen molar-refractivity contribution in [3.8, 4) is 0 Å². The quantitative estimate of drug-likeness (QED) is 0.0263. The number of carbonyl (C=O) groups is 3. The van der Waals surface area contributed by atoms with E-state index < -0.39 is 6.10 Å². The molecule has 6 nitrogen and oxygen atoms in total. The van der Waals surface area contributed by atoms with Crippen LogP contribution in [0.1, 0.15) is 278 Å². The van der Waals surface area contributed by atoms with Crippen LogP contribution in [0.25, 0.3) is 0 Å². The zero-order valence-corrected chi connectivity index (χ0v) is 39.5. The molecule has 0 aliphatic rings. The van der Waals surface area contributed by atoms with Gasteiger partial charge in [0, 0.05) is 19.3 Å². The van der Waals surface area contributed by atoms with Crippen LogP contribution < -0.4 is 0 Å². The number of esters is 3. The van der Waals surface area contributed by atoms with Crippen LogP contribution in [0.3, 0.4) is 0 Å². The maximum atomic E-state index is 12.7. The van der Waals surface area contributed by atoms with Gasteiger partial charge in [0.25, 0.3) is 0 Å². The topological polar surface area (TPSA) is 78.9 Å². The van der Waals surface area contributed by atoms with Gasteiger partial charge in [0.15, 0.2) is 6.10 Å². The molecule has 0 aromatic rings. The second-order valence-electron chi connectivity index (χ2n) is 17.4. The standard InChI is InChI=1S/C53H98O6/c1-4-7-10-13-16-19-22-23-24-25-26-27-28-29-32-34-37-40-43-46-52(55)58-49-50(59-53(56)47-44-41-38-35-31-21-18-15-12-9-6-3)48-57-51(54)45-42-39-36-33-30-20-17-14-11-8-5-2/h16,19,23-24,50H,4-15,17-18,20-22,25-49H2,1-3H3/b19-16-,24-23-/t50-/m1/s1. The Morgan fingerprint density at radius 1 is 0.339 bits per heavy atom. The van der Waals surface area contributed by atoms with Gasteiger partial charge in [-0.1, -0.05) is 231 Å². The van der Waals surface area contributed by atoms with Crippen molar-refractivity contribution in [1.29, 1.82) is 0 Å². The highest BCUT2D eigenvalue weighted by atomic mass is 16.6. The summed E-state index contributed by atoms with van der Waals surface area (Å²) in [5.74, 6) is -0.861. The molecule has 1 atom stereocenters. The molecule has 0 N–H and O–H groups in total. The highest BCUT2D eigenvalue weighted by molar-refractivity contribution is 5.71. The predicted octanol–water partition coefficient (Wildman–Crippen LogP) is 16.8.